The van der Waals surface area contributed by atoms with Crippen LogP contribution < -0.4 is 0 Å². The van der Waals surface area contributed by atoms with Crippen LogP contribution in [-0.4, -0.2) is 85.8 Å². The summed E-state index contributed by atoms with van der Waals surface area (Å²) in [5.74, 6) is 0. The fourth-order valence-corrected chi connectivity index (χ4v) is 4.40. The Balaban J connectivity index is 2.37. The molecule has 2 fully saturated rings. The van der Waals surface area contributed by atoms with E-state index in [0.29, 0.717) is 6.42 Å². The third-order valence-electron chi connectivity index (χ3n) is 6.52. The van der Waals surface area contributed by atoms with Gasteiger partial charge in [-0.2, -0.15) is 0 Å². The topological polar surface area (TPSA) is 140 Å². The van der Waals surface area contributed by atoms with Crippen molar-refractivity contribution >= 4 is 0 Å². The van der Waals surface area contributed by atoms with E-state index in [1.807, 2.05) is 20.8 Å². The van der Waals surface area contributed by atoms with E-state index in [4.69, 9.17) is 14.6 Å². The van der Waals surface area contributed by atoms with Crippen LogP contribution >= 0.6 is 0 Å². The predicted molar refractivity (Wildman–Crippen MR) is 106 cm³/mol. The maximum Gasteiger partial charge on any atom is 0.187 e. The minimum Gasteiger partial charge on any atom is -0.394 e. The number of rotatable bonds is 6. The van der Waals surface area contributed by atoms with Crippen molar-refractivity contribution in [3.63, 3.8) is 0 Å². The lowest BCUT2D eigenvalue weighted by molar-refractivity contribution is -0.352. The molecule has 7 atom stereocenters. The fraction of sp³-hybridized carbons (Fsp3) is 0.810. The zero-order valence-corrected chi connectivity index (χ0v) is 17.7. The van der Waals surface area contributed by atoms with Gasteiger partial charge >= 0.3 is 0 Å². The Kier molecular flexibility index (Phi) is 7.68. The van der Waals surface area contributed by atoms with Crippen LogP contribution in [-0.2, 0) is 9.47 Å². The van der Waals surface area contributed by atoms with Crippen molar-refractivity contribution < 1.29 is 40.1 Å². The molecule has 0 aromatic rings. The van der Waals surface area contributed by atoms with Gasteiger partial charge in [0.1, 0.15) is 35.6 Å². The molecule has 168 valence electrons. The first kappa shape index (κ1) is 24.4. The van der Waals surface area contributed by atoms with E-state index in [1.165, 1.54) is 0 Å². The van der Waals surface area contributed by atoms with Crippen LogP contribution in [0.2, 0.25) is 0 Å². The molecule has 0 unspecified atom stereocenters. The molecule has 1 aliphatic heterocycles. The van der Waals surface area contributed by atoms with E-state index < -0.39 is 53.9 Å². The highest BCUT2D eigenvalue weighted by molar-refractivity contribution is 5.26. The smallest absolute Gasteiger partial charge is 0.187 e. The molecule has 0 radical (unpaired) electrons. The van der Waals surface area contributed by atoms with Crippen molar-refractivity contribution in [1.29, 1.82) is 0 Å². The average Bonchev–Trinajstić information content (AvgIpc) is 2.65. The summed E-state index contributed by atoms with van der Waals surface area (Å²) in [7, 11) is 0. The van der Waals surface area contributed by atoms with Gasteiger partial charge in [0, 0.05) is 0 Å². The second-order valence-electron chi connectivity index (χ2n) is 9.01. The van der Waals surface area contributed by atoms with Gasteiger partial charge in [-0.25, -0.2) is 0 Å². The lowest BCUT2D eigenvalue weighted by atomic mass is 9.58. The summed E-state index contributed by atoms with van der Waals surface area (Å²) in [5, 5.41) is 60.7. The van der Waals surface area contributed by atoms with Crippen LogP contribution in [0.1, 0.15) is 47.0 Å². The number of allylic oxidation sites excluding steroid dienone is 2. The molecular formula is C21H36O8. The Bertz CT molecular complexity index is 616. The van der Waals surface area contributed by atoms with Crippen LogP contribution in [0.15, 0.2) is 23.8 Å². The summed E-state index contributed by atoms with van der Waals surface area (Å²) in [4.78, 5) is 0. The van der Waals surface area contributed by atoms with E-state index in [1.54, 1.807) is 25.2 Å². The Morgan fingerprint density at radius 3 is 2.31 bits per heavy atom. The maximum absolute atomic E-state index is 11.8. The Morgan fingerprint density at radius 1 is 1.07 bits per heavy atom. The highest BCUT2D eigenvalue weighted by Gasteiger charge is 2.60. The van der Waals surface area contributed by atoms with Crippen molar-refractivity contribution in [3.8, 4) is 0 Å². The molecular weight excluding hydrogens is 380 g/mol. The van der Waals surface area contributed by atoms with E-state index in [2.05, 4.69) is 0 Å². The number of aliphatic hydroxyl groups is 6. The van der Waals surface area contributed by atoms with Crippen LogP contribution in [0, 0.1) is 5.41 Å². The molecule has 0 bridgehead atoms. The summed E-state index contributed by atoms with van der Waals surface area (Å²) in [6, 6.07) is 0. The van der Waals surface area contributed by atoms with Crippen molar-refractivity contribution in [1.82, 2.24) is 0 Å². The second kappa shape index (κ2) is 9.11. The molecule has 29 heavy (non-hydrogen) atoms. The van der Waals surface area contributed by atoms with Gasteiger partial charge in [0.25, 0.3) is 0 Å². The minimum absolute atomic E-state index is 0.114. The summed E-state index contributed by atoms with van der Waals surface area (Å²) in [6.45, 7) is 6.72. The number of hydrogen-bond donors (Lipinski definition) is 6. The number of aliphatic hydroxyl groups excluding tert-OH is 5. The average molecular weight is 417 g/mol. The monoisotopic (exact) mass is 416 g/mol. The van der Waals surface area contributed by atoms with E-state index in [-0.39, 0.29) is 6.61 Å². The van der Waals surface area contributed by atoms with E-state index in [0.717, 1.165) is 18.4 Å². The Morgan fingerprint density at radius 2 is 1.72 bits per heavy atom. The van der Waals surface area contributed by atoms with Gasteiger partial charge in [0.15, 0.2) is 6.29 Å². The molecule has 1 heterocycles. The Hall–Kier alpha value is -0.840. The molecule has 6 N–H and O–H groups in total. The molecule has 8 heteroatoms. The lowest BCUT2D eigenvalue weighted by Crippen LogP contribution is -2.67. The highest BCUT2D eigenvalue weighted by atomic mass is 16.7. The zero-order valence-electron chi connectivity index (χ0n) is 17.7. The van der Waals surface area contributed by atoms with Crippen LogP contribution in [0.4, 0.5) is 0 Å². The summed E-state index contributed by atoms with van der Waals surface area (Å²) in [5.41, 5.74) is -2.44. The number of hydrogen-bond acceptors (Lipinski definition) is 8. The standard InChI is InChI=1S/C21H36O8/c1-13(7-11-22)6-10-21(27)19(2,3)8-5-9-20(21,4)29-18-17(26)16(25)15(24)14(12-23)28-18/h6-7,10,14-18,22-27H,5,8-9,11-12H2,1-4H3/b10-6+,13-7+/t14-,15+,16-,17+,18-,20+,21+/m0/s1. The molecule has 1 saturated heterocycles. The first-order valence-corrected chi connectivity index (χ1v) is 10.1. The van der Waals surface area contributed by atoms with Crippen molar-refractivity contribution in [2.24, 2.45) is 5.41 Å². The van der Waals surface area contributed by atoms with Gasteiger partial charge < -0.3 is 40.1 Å². The van der Waals surface area contributed by atoms with Crippen LogP contribution in [0.25, 0.3) is 0 Å². The second-order valence-corrected chi connectivity index (χ2v) is 9.01. The molecule has 0 amide bonds. The SMILES string of the molecule is CC(/C=C/[C@@]1(O)C(C)(C)CCC[C@@]1(C)O[C@@H]1O[C@@H](CO)[C@@H](O)[C@H](O)[C@H]1O)=C\CO. The molecule has 1 saturated carbocycles. The van der Waals surface area contributed by atoms with Gasteiger partial charge in [0.2, 0.25) is 0 Å². The van der Waals surface area contributed by atoms with Gasteiger partial charge in [0.05, 0.1) is 13.2 Å². The first-order chi connectivity index (χ1) is 13.4. The molecule has 2 aliphatic rings. The molecule has 1 aliphatic carbocycles. The van der Waals surface area contributed by atoms with Crippen molar-refractivity contribution in [2.75, 3.05) is 13.2 Å². The van der Waals surface area contributed by atoms with Gasteiger partial charge in [-0.1, -0.05) is 31.6 Å². The van der Waals surface area contributed by atoms with Gasteiger partial charge in [-0.05, 0) is 44.6 Å². The van der Waals surface area contributed by atoms with Gasteiger partial charge in [-0.15, -0.1) is 0 Å². The molecule has 0 spiro atoms. The van der Waals surface area contributed by atoms with E-state index >= 15 is 0 Å². The summed E-state index contributed by atoms with van der Waals surface area (Å²) < 4.78 is 11.6. The van der Waals surface area contributed by atoms with Gasteiger partial charge in [-0.3, -0.25) is 0 Å². The van der Waals surface area contributed by atoms with Crippen molar-refractivity contribution in [3.05, 3.63) is 23.8 Å². The lowest BCUT2D eigenvalue weighted by Gasteiger charge is -2.57. The number of ether oxygens (including phenoxy) is 2. The minimum atomic E-state index is -1.55. The maximum atomic E-state index is 11.8. The predicted octanol–water partition coefficient (Wildman–Crippen LogP) is -0.00240. The highest BCUT2D eigenvalue weighted by Crippen LogP contribution is 2.52. The summed E-state index contributed by atoms with van der Waals surface area (Å²) in [6.07, 6.45) is -0.0299. The third-order valence-corrected chi connectivity index (χ3v) is 6.52. The summed E-state index contributed by atoms with van der Waals surface area (Å²) >= 11 is 0. The third kappa shape index (κ3) is 4.60. The Labute approximate surface area is 172 Å². The molecule has 0 aromatic heterocycles. The quantitative estimate of drug-likeness (QED) is 0.333. The zero-order chi connectivity index (χ0) is 22.0. The van der Waals surface area contributed by atoms with Crippen molar-refractivity contribution in [2.45, 2.75) is 88.9 Å². The molecule has 8 nitrogen and oxygen atoms in total. The molecule has 0 aromatic carbocycles. The molecule has 2 rings (SSSR count). The van der Waals surface area contributed by atoms with Crippen LogP contribution in [0.3, 0.4) is 0 Å². The van der Waals surface area contributed by atoms with E-state index in [9.17, 15) is 25.5 Å². The largest absolute Gasteiger partial charge is 0.394 e. The first-order valence-electron chi connectivity index (χ1n) is 10.1. The van der Waals surface area contributed by atoms with Crippen LogP contribution in [0.5, 0.6) is 0 Å². The normalized spacial score (nSPS) is 43.7. The fourth-order valence-electron chi connectivity index (χ4n) is 4.40.